The third kappa shape index (κ3) is 4.68. The van der Waals surface area contributed by atoms with E-state index < -0.39 is 5.91 Å². The summed E-state index contributed by atoms with van der Waals surface area (Å²) >= 11 is 1.73. The molecule has 2 amide bonds. The van der Waals surface area contributed by atoms with Crippen molar-refractivity contribution in [2.24, 2.45) is 0 Å². The van der Waals surface area contributed by atoms with Crippen molar-refractivity contribution < 1.29 is 9.59 Å². The molecule has 0 atom stereocenters. The Balaban J connectivity index is 1.35. The largest absolute Gasteiger partial charge is 0.334 e. The Kier molecular flexibility index (Phi) is 6.33. The van der Waals surface area contributed by atoms with Gasteiger partial charge in [0.1, 0.15) is 5.56 Å². The molecule has 5 rings (SSSR count). The summed E-state index contributed by atoms with van der Waals surface area (Å²) in [5.41, 5.74) is 3.62. The summed E-state index contributed by atoms with van der Waals surface area (Å²) in [5.74, 6) is -0.550. The van der Waals surface area contributed by atoms with Gasteiger partial charge in [0.25, 0.3) is 17.4 Å². The van der Waals surface area contributed by atoms with Gasteiger partial charge in [-0.2, -0.15) is 0 Å². The SMILES string of the molecule is Cc1c(NC(=O)c2cccn(Cc3ccccc3)c2=O)cccc1C(=O)N1CCc2sccc2C1. The van der Waals surface area contributed by atoms with Gasteiger partial charge in [0.05, 0.1) is 6.54 Å². The Bertz CT molecular complexity index is 1460. The maximum atomic E-state index is 13.3. The number of aromatic nitrogens is 1. The van der Waals surface area contributed by atoms with Crippen LogP contribution in [0.1, 0.15) is 42.3 Å². The van der Waals surface area contributed by atoms with Crippen molar-refractivity contribution in [3.8, 4) is 0 Å². The molecule has 0 aliphatic carbocycles. The molecule has 2 aromatic heterocycles. The smallest absolute Gasteiger partial charge is 0.263 e. The van der Waals surface area contributed by atoms with Crippen molar-refractivity contribution >= 4 is 28.8 Å². The van der Waals surface area contributed by atoms with E-state index in [1.165, 1.54) is 21.1 Å². The van der Waals surface area contributed by atoms with E-state index in [-0.39, 0.29) is 17.0 Å². The van der Waals surface area contributed by atoms with Gasteiger partial charge in [0.15, 0.2) is 0 Å². The predicted octanol–water partition coefficient (Wildman–Crippen LogP) is 4.72. The Morgan fingerprint density at radius 1 is 0.971 bits per heavy atom. The lowest BCUT2D eigenvalue weighted by Gasteiger charge is -2.28. The van der Waals surface area contributed by atoms with Crippen molar-refractivity contribution in [3.63, 3.8) is 0 Å². The third-order valence-corrected chi connectivity index (χ3v) is 7.39. The number of nitrogens with zero attached hydrogens (tertiary/aromatic N) is 2. The molecule has 0 spiro atoms. The van der Waals surface area contributed by atoms with Gasteiger partial charge in [-0.05, 0) is 65.7 Å². The standard InChI is InChI=1S/C28H25N3O3S/c1-19-22(27(33)31-15-12-25-21(18-31)13-16-35-25)9-5-11-24(19)29-26(32)23-10-6-14-30(28(23)34)17-20-7-3-2-4-8-20/h2-11,13-14,16H,12,15,17-18H2,1H3,(H,29,32). The van der Waals surface area contributed by atoms with Crippen LogP contribution in [0.2, 0.25) is 0 Å². The minimum atomic E-state index is -0.494. The van der Waals surface area contributed by atoms with E-state index >= 15 is 0 Å². The first kappa shape index (κ1) is 22.8. The second-order valence-electron chi connectivity index (χ2n) is 8.62. The Hall–Kier alpha value is -3.97. The van der Waals surface area contributed by atoms with E-state index in [0.717, 1.165) is 12.0 Å². The molecule has 0 saturated heterocycles. The molecule has 1 aliphatic heterocycles. The summed E-state index contributed by atoms with van der Waals surface area (Å²) < 4.78 is 1.52. The van der Waals surface area contributed by atoms with Crippen LogP contribution in [-0.2, 0) is 19.5 Å². The molecule has 176 valence electrons. The fourth-order valence-electron chi connectivity index (χ4n) is 4.40. The second kappa shape index (κ2) is 9.72. The van der Waals surface area contributed by atoms with Crippen molar-refractivity contribution in [3.05, 3.63) is 121 Å². The van der Waals surface area contributed by atoms with Gasteiger partial charge in [-0.25, -0.2) is 0 Å². The predicted molar refractivity (Wildman–Crippen MR) is 138 cm³/mol. The first-order valence-corrected chi connectivity index (χ1v) is 12.4. The number of nitrogens with one attached hydrogen (secondary N) is 1. The summed E-state index contributed by atoms with van der Waals surface area (Å²) in [4.78, 5) is 42.5. The number of pyridine rings is 1. The van der Waals surface area contributed by atoms with E-state index in [2.05, 4.69) is 16.8 Å². The summed E-state index contributed by atoms with van der Waals surface area (Å²) in [5, 5.41) is 4.91. The van der Waals surface area contributed by atoms with Crippen LogP contribution in [0.3, 0.4) is 0 Å². The summed E-state index contributed by atoms with van der Waals surface area (Å²) in [7, 11) is 0. The first-order valence-electron chi connectivity index (χ1n) is 11.5. The normalized spacial score (nSPS) is 12.8. The number of anilines is 1. The molecule has 0 unspecified atom stereocenters. The summed E-state index contributed by atoms with van der Waals surface area (Å²) in [6.45, 7) is 3.47. The van der Waals surface area contributed by atoms with Gasteiger partial charge in [0, 0.05) is 35.4 Å². The zero-order chi connectivity index (χ0) is 24.4. The number of carbonyl (C=O) groups excluding carboxylic acids is 2. The highest BCUT2D eigenvalue weighted by molar-refractivity contribution is 7.10. The number of carbonyl (C=O) groups is 2. The molecule has 0 bridgehead atoms. The molecule has 1 N–H and O–H groups in total. The van der Waals surface area contributed by atoms with Crippen LogP contribution in [0.25, 0.3) is 0 Å². The van der Waals surface area contributed by atoms with Gasteiger partial charge in [-0.3, -0.25) is 14.4 Å². The number of fused-ring (bicyclic) bond motifs is 1. The lowest BCUT2D eigenvalue weighted by molar-refractivity contribution is 0.0735. The van der Waals surface area contributed by atoms with Gasteiger partial charge in [-0.15, -0.1) is 11.3 Å². The van der Waals surface area contributed by atoms with Crippen molar-refractivity contribution in [1.29, 1.82) is 0 Å². The maximum Gasteiger partial charge on any atom is 0.263 e. The molecule has 7 heteroatoms. The minimum absolute atomic E-state index is 0.0552. The molecule has 0 radical (unpaired) electrons. The fraction of sp³-hybridized carbons (Fsp3) is 0.179. The Labute approximate surface area is 207 Å². The van der Waals surface area contributed by atoms with Crippen LogP contribution in [0.4, 0.5) is 5.69 Å². The molecule has 4 aromatic rings. The van der Waals surface area contributed by atoms with E-state index in [4.69, 9.17) is 0 Å². The third-order valence-electron chi connectivity index (χ3n) is 6.37. The molecule has 2 aromatic carbocycles. The highest BCUT2D eigenvalue weighted by atomic mass is 32.1. The first-order chi connectivity index (χ1) is 17.0. The van der Waals surface area contributed by atoms with Gasteiger partial charge in [-0.1, -0.05) is 36.4 Å². The molecule has 1 aliphatic rings. The lowest BCUT2D eigenvalue weighted by Crippen LogP contribution is -2.35. The van der Waals surface area contributed by atoms with Gasteiger partial charge >= 0.3 is 0 Å². The van der Waals surface area contributed by atoms with Crippen LogP contribution in [0.5, 0.6) is 0 Å². The van der Waals surface area contributed by atoms with Gasteiger partial charge in [0.2, 0.25) is 0 Å². The zero-order valence-corrected chi connectivity index (χ0v) is 20.2. The fourth-order valence-corrected chi connectivity index (χ4v) is 5.29. The molecule has 6 nitrogen and oxygen atoms in total. The van der Waals surface area contributed by atoms with Crippen molar-refractivity contribution in [2.45, 2.75) is 26.4 Å². The molecule has 35 heavy (non-hydrogen) atoms. The lowest BCUT2D eigenvalue weighted by atomic mass is 10.0. The monoisotopic (exact) mass is 483 g/mol. The van der Waals surface area contributed by atoms with E-state index in [1.807, 2.05) is 42.2 Å². The van der Waals surface area contributed by atoms with E-state index in [1.54, 1.807) is 41.8 Å². The Morgan fingerprint density at radius 3 is 2.60 bits per heavy atom. The van der Waals surface area contributed by atoms with Gasteiger partial charge < -0.3 is 14.8 Å². The number of rotatable bonds is 5. The quantitative estimate of drug-likeness (QED) is 0.447. The topological polar surface area (TPSA) is 71.4 Å². The minimum Gasteiger partial charge on any atom is -0.334 e. The molecule has 0 saturated carbocycles. The summed E-state index contributed by atoms with van der Waals surface area (Å²) in [6.07, 6.45) is 2.53. The van der Waals surface area contributed by atoms with Crippen LogP contribution in [0.15, 0.2) is 83.1 Å². The second-order valence-corrected chi connectivity index (χ2v) is 9.62. The molecule has 0 fully saturated rings. The summed E-state index contributed by atoms with van der Waals surface area (Å²) in [6, 6.07) is 20.2. The number of amides is 2. The van der Waals surface area contributed by atoms with Crippen LogP contribution < -0.4 is 10.9 Å². The number of thiophene rings is 1. The Morgan fingerprint density at radius 2 is 1.77 bits per heavy atom. The number of hydrogen-bond acceptors (Lipinski definition) is 4. The van der Waals surface area contributed by atoms with Crippen LogP contribution in [0, 0.1) is 6.92 Å². The molecular weight excluding hydrogens is 458 g/mol. The van der Waals surface area contributed by atoms with Crippen molar-refractivity contribution in [1.82, 2.24) is 9.47 Å². The number of benzene rings is 2. The molecule has 3 heterocycles. The highest BCUT2D eigenvalue weighted by Gasteiger charge is 2.24. The molecular formula is C28H25N3O3S. The van der Waals surface area contributed by atoms with E-state index in [0.29, 0.717) is 36.4 Å². The number of hydrogen-bond donors (Lipinski definition) is 1. The van der Waals surface area contributed by atoms with Crippen LogP contribution >= 0.6 is 11.3 Å². The average molecular weight is 484 g/mol. The maximum absolute atomic E-state index is 13.3. The average Bonchev–Trinajstić information content (AvgIpc) is 3.35. The van der Waals surface area contributed by atoms with Crippen LogP contribution in [-0.4, -0.2) is 27.8 Å². The highest BCUT2D eigenvalue weighted by Crippen LogP contribution is 2.27. The van der Waals surface area contributed by atoms with E-state index in [9.17, 15) is 14.4 Å². The van der Waals surface area contributed by atoms with Crippen molar-refractivity contribution in [2.75, 3.05) is 11.9 Å². The zero-order valence-electron chi connectivity index (χ0n) is 19.4.